The molecule has 130 valence electrons. The van der Waals surface area contributed by atoms with Crippen molar-refractivity contribution in [1.82, 2.24) is 0 Å². The Kier molecular flexibility index (Phi) is 6.38. The minimum Gasteiger partial charge on any atom is -0.460 e. The van der Waals surface area contributed by atoms with Gasteiger partial charge in [0.1, 0.15) is 0 Å². The Morgan fingerprint density at radius 2 is 1.88 bits per heavy atom. The zero-order valence-electron chi connectivity index (χ0n) is 13.3. The number of nitrogens with zero attached hydrogens (tertiary/aromatic N) is 1. The lowest BCUT2D eigenvalue weighted by atomic mass is 10.0. The third kappa shape index (κ3) is 4.71. The van der Waals surface area contributed by atoms with Gasteiger partial charge in [0.25, 0.3) is 0 Å². The number of hydrazone groups is 1. The van der Waals surface area contributed by atoms with Crippen molar-refractivity contribution in [1.29, 1.82) is 0 Å². The van der Waals surface area contributed by atoms with E-state index in [1.807, 2.05) is 0 Å². The van der Waals surface area contributed by atoms with Gasteiger partial charge in [-0.1, -0.05) is 35.3 Å². The van der Waals surface area contributed by atoms with Gasteiger partial charge in [-0.3, -0.25) is 10.2 Å². The highest BCUT2D eigenvalue weighted by Gasteiger charge is 2.17. The number of benzene rings is 2. The number of rotatable bonds is 5. The standard InChI is InChI=1S/C17H15Cl2N3O3/c1-2-25-17(24)16(20)22-21-14-8-7-10(18)9-12(14)15(23)11-5-3-4-6-13(11)19/h3-9,21H,2H2,1H3,(H2,20,22). The van der Waals surface area contributed by atoms with Crippen molar-refractivity contribution < 1.29 is 14.3 Å². The predicted octanol–water partition coefficient (Wildman–Crippen LogP) is 3.47. The van der Waals surface area contributed by atoms with Gasteiger partial charge < -0.3 is 10.5 Å². The van der Waals surface area contributed by atoms with Crippen LogP contribution in [-0.4, -0.2) is 24.2 Å². The molecule has 0 unspecified atom stereocenters. The van der Waals surface area contributed by atoms with E-state index in [0.29, 0.717) is 21.3 Å². The Bertz CT molecular complexity index is 838. The van der Waals surface area contributed by atoms with Crippen LogP contribution in [0, 0.1) is 0 Å². The number of hydrogen-bond acceptors (Lipinski definition) is 5. The molecule has 0 spiro atoms. The first-order valence-corrected chi connectivity index (χ1v) is 8.04. The van der Waals surface area contributed by atoms with Crippen LogP contribution in [0.2, 0.25) is 10.0 Å². The summed E-state index contributed by atoms with van der Waals surface area (Å²) in [5.41, 5.74) is 8.99. The molecule has 25 heavy (non-hydrogen) atoms. The van der Waals surface area contributed by atoms with Crippen LogP contribution >= 0.6 is 23.2 Å². The first-order valence-electron chi connectivity index (χ1n) is 7.29. The molecule has 2 rings (SSSR count). The van der Waals surface area contributed by atoms with Crippen LogP contribution in [0.5, 0.6) is 0 Å². The molecule has 3 N–H and O–H groups in total. The van der Waals surface area contributed by atoms with E-state index in [2.05, 4.69) is 10.5 Å². The highest BCUT2D eigenvalue weighted by atomic mass is 35.5. The van der Waals surface area contributed by atoms with Crippen LogP contribution in [0.1, 0.15) is 22.8 Å². The summed E-state index contributed by atoms with van der Waals surface area (Å²) in [7, 11) is 0. The molecule has 0 saturated carbocycles. The lowest BCUT2D eigenvalue weighted by Gasteiger charge is -2.10. The Hall–Kier alpha value is -2.57. The van der Waals surface area contributed by atoms with E-state index >= 15 is 0 Å². The van der Waals surface area contributed by atoms with Crippen molar-refractivity contribution in [2.75, 3.05) is 12.0 Å². The Morgan fingerprint density at radius 3 is 2.56 bits per heavy atom. The number of carbonyl (C=O) groups is 2. The van der Waals surface area contributed by atoms with E-state index in [4.69, 9.17) is 33.7 Å². The smallest absolute Gasteiger partial charge is 0.375 e. The van der Waals surface area contributed by atoms with Crippen LogP contribution in [0.25, 0.3) is 0 Å². The van der Waals surface area contributed by atoms with Gasteiger partial charge in [0, 0.05) is 16.1 Å². The molecule has 0 aliphatic heterocycles. The maximum absolute atomic E-state index is 12.8. The Balaban J connectivity index is 2.35. The van der Waals surface area contributed by atoms with Crippen LogP contribution in [0.15, 0.2) is 47.6 Å². The lowest BCUT2D eigenvalue weighted by molar-refractivity contribution is -0.135. The molecule has 0 aliphatic carbocycles. The van der Waals surface area contributed by atoms with Crippen LogP contribution < -0.4 is 11.2 Å². The summed E-state index contributed by atoms with van der Waals surface area (Å²) in [4.78, 5) is 24.2. The quantitative estimate of drug-likeness (QED) is 0.272. The van der Waals surface area contributed by atoms with Crippen molar-refractivity contribution in [2.45, 2.75) is 6.92 Å². The molecule has 0 saturated heterocycles. The van der Waals surface area contributed by atoms with Gasteiger partial charge in [0.05, 0.1) is 17.3 Å². The first-order chi connectivity index (χ1) is 11.9. The highest BCUT2D eigenvalue weighted by molar-refractivity contribution is 6.36. The topological polar surface area (TPSA) is 93.8 Å². The minimum atomic E-state index is -0.761. The number of esters is 1. The maximum atomic E-state index is 12.8. The number of halogens is 2. The summed E-state index contributed by atoms with van der Waals surface area (Å²) in [6.45, 7) is 1.82. The van der Waals surface area contributed by atoms with Gasteiger partial charge in [-0.25, -0.2) is 4.79 Å². The number of ether oxygens (including phenoxy) is 1. The highest BCUT2D eigenvalue weighted by Crippen LogP contribution is 2.26. The van der Waals surface area contributed by atoms with E-state index in [1.54, 1.807) is 43.3 Å². The number of nitrogens with one attached hydrogen (secondary N) is 1. The second-order valence-electron chi connectivity index (χ2n) is 4.83. The molecule has 0 amide bonds. The normalized spacial score (nSPS) is 11.1. The summed E-state index contributed by atoms with van der Waals surface area (Å²) in [5.74, 6) is -1.48. The molecular formula is C17H15Cl2N3O3. The third-order valence-corrected chi connectivity index (χ3v) is 3.69. The number of nitrogens with two attached hydrogens (primary N) is 1. The first kappa shape index (κ1) is 18.8. The molecular weight excluding hydrogens is 365 g/mol. The maximum Gasteiger partial charge on any atom is 0.375 e. The molecule has 0 fully saturated rings. The fraction of sp³-hybridized carbons (Fsp3) is 0.118. The number of anilines is 1. The van der Waals surface area contributed by atoms with Gasteiger partial charge in [-0.2, -0.15) is 0 Å². The predicted molar refractivity (Wildman–Crippen MR) is 98.2 cm³/mol. The molecule has 0 aromatic heterocycles. The van der Waals surface area contributed by atoms with Crippen LogP contribution in [0.3, 0.4) is 0 Å². The molecule has 8 heteroatoms. The number of carbonyl (C=O) groups excluding carboxylic acids is 2. The molecule has 2 aromatic rings. The van der Waals surface area contributed by atoms with E-state index in [1.165, 1.54) is 6.07 Å². The minimum absolute atomic E-state index is 0.173. The van der Waals surface area contributed by atoms with Gasteiger partial charge >= 0.3 is 5.97 Å². The van der Waals surface area contributed by atoms with Gasteiger partial charge in [0.15, 0.2) is 5.78 Å². The summed E-state index contributed by atoms with van der Waals surface area (Å²) in [6.07, 6.45) is 0. The van der Waals surface area contributed by atoms with Crippen molar-refractivity contribution in [2.24, 2.45) is 10.8 Å². The molecule has 0 aliphatic rings. The van der Waals surface area contributed by atoms with E-state index in [0.717, 1.165) is 0 Å². The summed E-state index contributed by atoms with van der Waals surface area (Å²) in [5, 5.41) is 4.42. The third-order valence-electron chi connectivity index (χ3n) is 3.13. The largest absolute Gasteiger partial charge is 0.460 e. The van der Waals surface area contributed by atoms with E-state index in [9.17, 15) is 9.59 Å². The van der Waals surface area contributed by atoms with Gasteiger partial charge in [0.2, 0.25) is 5.84 Å². The molecule has 0 radical (unpaired) electrons. The fourth-order valence-corrected chi connectivity index (χ4v) is 2.36. The average Bonchev–Trinajstić information content (AvgIpc) is 2.60. The fourth-order valence-electron chi connectivity index (χ4n) is 1.96. The number of ketones is 1. The lowest BCUT2D eigenvalue weighted by Crippen LogP contribution is -2.27. The second kappa shape index (κ2) is 8.50. The second-order valence-corrected chi connectivity index (χ2v) is 5.67. The molecule has 6 nitrogen and oxygen atoms in total. The van der Waals surface area contributed by atoms with Crippen molar-refractivity contribution >= 4 is 46.5 Å². The average molecular weight is 380 g/mol. The van der Waals surface area contributed by atoms with E-state index < -0.39 is 5.97 Å². The zero-order chi connectivity index (χ0) is 18.4. The van der Waals surface area contributed by atoms with Gasteiger partial charge in [-0.05, 0) is 37.3 Å². The monoisotopic (exact) mass is 379 g/mol. The van der Waals surface area contributed by atoms with Crippen molar-refractivity contribution in [3.05, 3.63) is 63.6 Å². The molecule has 0 atom stereocenters. The zero-order valence-corrected chi connectivity index (χ0v) is 14.8. The summed E-state index contributed by atoms with van der Waals surface area (Å²) in [6, 6.07) is 11.2. The van der Waals surface area contributed by atoms with Gasteiger partial charge in [-0.15, -0.1) is 5.10 Å². The van der Waals surface area contributed by atoms with Crippen molar-refractivity contribution in [3.63, 3.8) is 0 Å². The summed E-state index contributed by atoms with van der Waals surface area (Å²) < 4.78 is 4.73. The molecule has 0 bridgehead atoms. The Morgan fingerprint density at radius 1 is 1.16 bits per heavy atom. The van der Waals surface area contributed by atoms with Crippen LogP contribution in [-0.2, 0) is 9.53 Å². The summed E-state index contributed by atoms with van der Waals surface area (Å²) >= 11 is 12.1. The number of hydrogen-bond donors (Lipinski definition) is 2. The SMILES string of the molecule is CCOC(=O)/C(N)=N/Nc1ccc(Cl)cc1C(=O)c1ccccc1Cl. The van der Waals surface area contributed by atoms with Crippen molar-refractivity contribution in [3.8, 4) is 0 Å². The van der Waals surface area contributed by atoms with Crippen LogP contribution in [0.4, 0.5) is 5.69 Å². The number of amidine groups is 1. The van der Waals surface area contributed by atoms with E-state index in [-0.39, 0.29) is 23.8 Å². The molecule has 0 heterocycles. The molecule has 2 aromatic carbocycles. The Labute approximate surface area is 154 Å².